The van der Waals surface area contributed by atoms with Crippen molar-refractivity contribution in [2.45, 2.75) is 13.5 Å². The maximum Gasteiger partial charge on any atom is 0.148 e. The lowest BCUT2D eigenvalue weighted by Crippen LogP contribution is -2.12. The van der Waals surface area contributed by atoms with Crippen LogP contribution in [0.25, 0.3) is 0 Å². The Morgan fingerprint density at radius 2 is 2.26 bits per heavy atom. The summed E-state index contributed by atoms with van der Waals surface area (Å²) < 4.78 is 20.5. The van der Waals surface area contributed by atoms with E-state index < -0.39 is 5.82 Å². The third kappa shape index (κ3) is 3.15. The SMILES string of the molecule is COc1cc(NCCn2cc(C)cn2)c(F)cc1N. The molecule has 2 aromatic rings. The number of anilines is 2. The van der Waals surface area contributed by atoms with E-state index in [9.17, 15) is 4.39 Å². The van der Waals surface area contributed by atoms with Gasteiger partial charge in [0.15, 0.2) is 0 Å². The molecule has 0 spiro atoms. The molecule has 1 aromatic heterocycles. The third-order valence-electron chi connectivity index (χ3n) is 2.74. The zero-order valence-electron chi connectivity index (χ0n) is 11.0. The minimum atomic E-state index is -0.394. The Balaban J connectivity index is 1.99. The summed E-state index contributed by atoms with van der Waals surface area (Å²) in [7, 11) is 1.50. The highest BCUT2D eigenvalue weighted by molar-refractivity contribution is 5.62. The molecule has 1 aromatic carbocycles. The van der Waals surface area contributed by atoms with Gasteiger partial charge < -0.3 is 15.8 Å². The first-order valence-corrected chi connectivity index (χ1v) is 5.96. The van der Waals surface area contributed by atoms with Crippen LogP contribution in [0.3, 0.4) is 0 Å². The van der Waals surface area contributed by atoms with Gasteiger partial charge in [0.1, 0.15) is 11.6 Å². The minimum Gasteiger partial charge on any atom is -0.495 e. The number of nitrogens with zero attached hydrogens (tertiary/aromatic N) is 2. The number of hydrogen-bond donors (Lipinski definition) is 2. The second-order valence-electron chi connectivity index (χ2n) is 4.28. The number of aryl methyl sites for hydroxylation is 1. The molecule has 2 rings (SSSR count). The van der Waals surface area contributed by atoms with E-state index >= 15 is 0 Å². The van der Waals surface area contributed by atoms with Crippen molar-refractivity contribution >= 4 is 11.4 Å². The fourth-order valence-electron chi connectivity index (χ4n) is 1.78. The molecule has 1 heterocycles. The molecule has 0 radical (unpaired) electrons. The summed E-state index contributed by atoms with van der Waals surface area (Å²) in [5, 5.41) is 7.16. The molecule has 0 aliphatic carbocycles. The van der Waals surface area contributed by atoms with Gasteiger partial charge in [0.2, 0.25) is 0 Å². The van der Waals surface area contributed by atoms with Gasteiger partial charge in [-0.3, -0.25) is 4.68 Å². The second kappa shape index (κ2) is 5.60. The Kier molecular flexibility index (Phi) is 3.89. The van der Waals surface area contributed by atoms with Gasteiger partial charge >= 0.3 is 0 Å². The lowest BCUT2D eigenvalue weighted by atomic mass is 10.2. The number of hydrogen-bond acceptors (Lipinski definition) is 4. The number of nitrogens with one attached hydrogen (secondary N) is 1. The summed E-state index contributed by atoms with van der Waals surface area (Å²) in [4.78, 5) is 0. The van der Waals surface area contributed by atoms with Crippen LogP contribution < -0.4 is 15.8 Å². The summed E-state index contributed by atoms with van der Waals surface area (Å²) in [5.41, 5.74) is 7.37. The number of halogens is 1. The normalized spacial score (nSPS) is 10.5. The summed E-state index contributed by atoms with van der Waals surface area (Å²) >= 11 is 0. The van der Waals surface area contributed by atoms with Crippen molar-refractivity contribution in [3.63, 3.8) is 0 Å². The van der Waals surface area contributed by atoms with E-state index in [0.717, 1.165) is 5.56 Å². The van der Waals surface area contributed by atoms with Gasteiger partial charge in [-0.1, -0.05) is 0 Å². The Morgan fingerprint density at radius 1 is 1.47 bits per heavy atom. The quantitative estimate of drug-likeness (QED) is 0.811. The summed E-state index contributed by atoms with van der Waals surface area (Å²) in [6.07, 6.45) is 3.72. The number of methoxy groups -OCH3 is 1. The largest absolute Gasteiger partial charge is 0.495 e. The molecule has 0 unspecified atom stereocenters. The molecule has 19 heavy (non-hydrogen) atoms. The standard InChI is InChI=1S/C13H17FN4O/c1-9-7-17-18(8-9)4-3-16-12-6-13(19-2)11(15)5-10(12)14/h5-8,16H,3-4,15H2,1-2H3. The maximum atomic E-state index is 13.7. The smallest absolute Gasteiger partial charge is 0.148 e. The summed E-state index contributed by atoms with van der Waals surface area (Å²) in [6, 6.07) is 2.80. The summed E-state index contributed by atoms with van der Waals surface area (Å²) in [5.74, 6) is 0.0637. The molecule has 6 heteroatoms. The van der Waals surface area contributed by atoms with Crippen molar-refractivity contribution in [2.75, 3.05) is 24.7 Å². The molecule has 0 bridgehead atoms. The molecular formula is C13H17FN4O. The number of ether oxygens (including phenoxy) is 1. The minimum absolute atomic E-state index is 0.285. The highest BCUT2D eigenvalue weighted by Gasteiger charge is 2.07. The fourth-order valence-corrected chi connectivity index (χ4v) is 1.78. The van der Waals surface area contributed by atoms with Gasteiger partial charge in [-0.05, 0) is 12.5 Å². The molecule has 3 N–H and O–H groups in total. The Bertz CT molecular complexity index is 568. The molecule has 5 nitrogen and oxygen atoms in total. The van der Waals surface area contributed by atoms with Crippen LogP contribution in [0.4, 0.5) is 15.8 Å². The molecule has 0 saturated heterocycles. The molecular weight excluding hydrogens is 247 g/mol. The Morgan fingerprint density at radius 3 is 2.89 bits per heavy atom. The van der Waals surface area contributed by atoms with E-state index in [1.54, 1.807) is 16.9 Å². The zero-order valence-corrected chi connectivity index (χ0v) is 11.0. The van der Waals surface area contributed by atoms with E-state index in [-0.39, 0.29) is 5.69 Å². The number of nitrogen functional groups attached to an aromatic ring is 1. The Hall–Kier alpha value is -2.24. The van der Waals surface area contributed by atoms with Crippen LogP contribution >= 0.6 is 0 Å². The van der Waals surface area contributed by atoms with Gasteiger partial charge in [0, 0.05) is 24.9 Å². The summed E-state index contributed by atoms with van der Waals surface area (Å²) in [6.45, 7) is 3.19. The third-order valence-corrected chi connectivity index (χ3v) is 2.74. The molecule has 0 amide bonds. The van der Waals surface area contributed by atoms with E-state index in [4.69, 9.17) is 10.5 Å². The van der Waals surface area contributed by atoms with Crippen LogP contribution in [0.5, 0.6) is 5.75 Å². The highest BCUT2D eigenvalue weighted by Crippen LogP contribution is 2.27. The molecule has 0 aliphatic rings. The van der Waals surface area contributed by atoms with Crippen molar-refractivity contribution in [1.29, 1.82) is 0 Å². The second-order valence-corrected chi connectivity index (χ2v) is 4.28. The first-order chi connectivity index (χ1) is 9.10. The van der Waals surface area contributed by atoms with Gasteiger partial charge in [0.05, 0.1) is 31.2 Å². The lowest BCUT2D eigenvalue weighted by molar-refractivity contribution is 0.416. The molecule has 102 valence electrons. The topological polar surface area (TPSA) is 65.1 Å². The average Bonchev–Trinajstić information content (AvgIpc) is 2.78. The van der Waals surface area contributed by atoms with E-state index in [2.05, 4.69) is 10.4 Å². The van der Waals surface area contributed by atoms with E-state index in [0.29, 0.717) is 24.5 Å². The first-order valence-electron chi connectivity index (χ1n) is 5.96. The Labute approximate surface area is 111 Å². The predicted molar refractivity (Wildman–Crippen MR) is 72.8 cm³/mol. The van der Waals surface area contributed by atoms with E-state index in [1.807, 2.05) is 13.1 Å². The molecule has 0 aliphatic heterocycles. The van der Waals surface area contributed by atoms with Gasteiger partial charge in [-0.15, -0.1) is 0 Å². The first kappa shape index (κ1) is 13.2. The van der Waals surface area contributed by atoms with Crippen molar-refractivity contribution < 1.29 is 9.13 Å². The molecule has 0 atom stereocenters. The van der Waals surface area contributed by atoms with Crippen LogP contribution in [0, 0.1) is 12.7 Å². The molecule has 0 saturated carbocycles. The van der Waals surface area contributed by atoms with Crippen LogP contribution in [-0.2, 0) is 6.54 Å². The molecule has 0 fully saturated rings. The number of benzene rings is 1. The fraction of sp³-hybridized carbons (Fsp3) is 0.308. The number of aromatic nitrogens is 2. The van der Waals surface area contributed by atoms with Crippen LogP contribution in [0.2, 0.25) is 0 Å². The van der Waals surface area contributed by atoms with Crippen molar-refractivity contribution in [3.8, 4) is 5.75 Å². The van der Waals surface area contributed by atoms with Crippen LogP contribution in [0.1, 0.15) is 5.56 Å². The maximum absolute atomic E-state index is 13.7. The van der Waals surface area contributed by atoms with Crippen LogP contribution in [0.15, 0.2) is 24.5 Å². The number of nitrogens with two attached hydrogens (primary N) is 1. The van der Waals surface area contributed by atoms with Crippen molar-refractivity contribution in [2.24, 2.45) is 0 Å². The zero-order chi connectivity index (χ0) is 13.8. The predicted octanol–water partition coefficient (Wildman–Crippen LogP) is 2.03. The monoisotopic (exact) mass is 264 g/mol. The van der Waals surface area contributed by atoms with E-state index in [1.165, 1.54) is 13.2 Å². The van der Waals surface area contributed by atoms with Crippen molar-refractivity contribution in [3.05, 3.63) is 35.9 Å². The van der Waals surface area contributed by atoms with Crippen LogP contribution in [-0.4, -0.2) is 23.4 Å². The van der Waals surface area contributed by atoms with Gasteiger partial charge in [-0.2, -0.15) is 5.10 Å². The number of rotatable bonds is 5. The average molecular weight is 264 g/mol. The van der Waals surface area contributed by atoms with Crippen molar-refractivity contribution in [1.82, 2.24) is 9.78 Å². The van der Waals surface area contributed by atoms with Gasteiger partial charge in [0.25, 0.3) is 0 Å². The van der Waals surface area contributed by atoms with Gasteiger partial charge in [-0.25, -0.2) is 4.39 Å². The highest BCUT2D eigenvalue weighted by atomic mass is 19.1. The lowest BCUT2D eigenvalue weighted by Gasteiger charge is -2.11.